The molecule has 0 unspecified atom stereocenters. The summed E-state index contributed by atoms with van der Waals surface area (Å²) in [5.41, 5.74) is 1.18. The average Bonchev–Trinajstić information content (AvgIpc) is 2.31. The monoisotopic (exact) mass is 166 g/mol. The van der Waals surface area contributed by atoms with Gasteiger partial charge < -0.3 is 5.11 Å². The molecule has 5 nitrogen and oxygen atoms in total. The van der Waals surface area contributed by atoms with E-state index in [1.54, 1.807) is 0 Å². The molecule has 0 bridgehead atoms. The maximum atomic E-state index is 10.5. The van der Waals surface area contributed by atoms with Gasteiger partial charge in [0.2, 0.25) is 5.69 Å². The van der Waals surface area contributed by atoms with Crippen LogP contribution in [-0.2, 0) is 0 Å². The first-order valence-electron chi connectivity index (χ1n) is 3.54. The van der Waals surface area contributed by atoms with Gasteiger partial charge in [-0.05, 0) is 28.7 Å². The van der Waals surface area contributed by atoms with Crippen molar-refractivity contribution in [1.29, 1.82) is 0 Å². The summed E-state index contributed by atoms with van der Waals surface area (Å²) < 4.78 is 4.34. The summed E-state index contributed by atoms with van der Waals surface area (Å²) in [6.45, 7) is 0. The lowest BCUT2D eigenvalue weighted by molar-refractivity contribution is 0.0684. The molecule has 1 aromatic heterocycles. The molecule has 0 amide bonds. The van der Waals surface area contributed by atoms with Gasteiger partial charge in [0.25, 0.3) is 0 Å². The molecule has 0 spiro atoms. The number of allylic oxidation sites excluding steroid dienone is 2. The fourth-order valence-electron chi connectivity index (χ4n) is 1.04. The zero-order valence-corrected chi connectivity index (χ0v) is 6.15. The third-order valence-electron chi connectivity index (χ3n) is 1.80. The number of carboxylic acids is 1. The maximum absolute atomic E-state index is 10.5. The molecule has 0 saturated carbocycles. The highest BCUT2D eigenvalue weighted by molar-refractivity contribution is 5.91. The Kier molecular flexibility index (Phi) is 1.43. The van der Waals surface area contributed by atoms with Crippen LogP contribution in [0.15, 0.2) is 10.7 Å². The molecule has 12 heavy (non-hydrogen) atoms. The van der Waals surface area contributed by atoms with Crippen molar-refractivity contribution in [1.82, 2.24) is 10.3 Å². The summed E-state index contributed by atoms with van der Waals surface area (Å²) >= 11 is 0. The molecule has 2 rings (SSSR count). The van der Waals surface area contributed by atoms with E-state index < -0.39 is 5.97 Å². The summed E-state index contributed by atoms with van der Waals surface area (Å²) in [4.78, 5) is 10.5. The molecule has 1 heterocycles. The van der Waals surface area contributed by atoms with Gasteiger partial charge in [0.1, 0.15) is 5.69 Å². The van der Waals surface area contributed by atoms with E-state index in [0.29, 0.717) is 5.69 Å². The predicted octanol–water partition coefficient (Wildman–Crippen LogP) is 0.945. The third kappa shape index (κ3) is 0.903. The lowest BCUT2D eigenvalue weighted by atomic mass is 9.95. The van der Waals surface area contributed by atoms with Gasteiger partial charge in [0.05, 0.1) is 0 Å². The summed E-state index contributed by atoms with van der Waals surface area (Å²) in [5.74, 6) is -1.10. The topological polar surface area (TPSA) is 76.2 Å². The number of aromatic carboxylic acids is 1. The molecule has 1 aliphatic carbocycles. The van der Waals surface area contributed by atoms with E-state index >= 15 is 0 Å². The fourth-order valence-corrected chi connectivity index (χ4v) is 1.04. The van der Waals surface area contributed by atoms with Gasteiger partial charge in [-0.15, -0.1) is 0 Å². The first kappa shape index (κ1) is 7.02. The smallest absolute Gasteiger partial charge is 0.360 e. The lowest BCUT2D eigenvalue weighted by Crippen LogP contribution is -2.04. The number of rotatable bonds is 2. The molecule has 1 aromatic rings. The van der Waals surface area contributed by atoms with Crippen LogP contribution in [-0.4, -0.2) is 21.4 Å². The van der Waals surface area contributed by atoms with Crippen molar-refractivity contribution in [3.05, 3.63) is 17.5 Å². The third-order valence-corrected chi connectivity index (χ3v) is 1.80. The minimum absolute atomic E-state index is 0.0963. The Balaban J connectivity index is 2.43. The summed E-state index contributed by atoms with van der Waals surface area (Å²) in [6.07, 6.45) is 3.75. The number of nitrogens with zero attached hydrogens (tertiary/aromatic N) is 2. The minimum Gasteiger partial charge on any atom is -0.476 e. The van der Waals surface area contributed by atoms with Crippen LogP contribution in [0.3, 0.4) is 0 Å². The van der Waals surface area contributed by atoms with Crippen LogP contribution in [0.4, 0.5) is 0 Å². The normalized spacial score (nSPS) is 15.2. The van der Waals surface area contributed by atoms with Gasteiger partial charge in [0.15, 0.2) is 0 Å². The second-order valence-corrected chi connectivity index (χ2v) is 2.53. The van der Waals surface area contributed by atoms with E-state index in [-0.39, 0.29) is 5.69 Å². The van der Waals surface area contributed by atoms with E-state index in [0.717, 1.165) is 18.4 Å². The summed E-state index contributed by atoms with van der Waals surface area (Å²) in [5, 5.41) is 15.4. The first-order valence-corrected chi connectivity index (χ1v) is 3.54. The Labute approximate surface area is 67.7 Å². The number of carboxylic acid groups (broad SMARTS) is 1. The highest BCUT2D eigenvalue weighted by Gasteiger charge is 2.22. The Hall–Kier alpha value is -1.65. The lowest BCUT2D eigenvalue weighted by Gasteiger charge is -2.10. The van der Waals surface area contributed by atoms with E-state index in [2.05, 4.69) is 14.9 Å². The van der Waals surface area contributed by atoms with Crippen molar-refractivity contribution in [2.75, 3.05) is 0 Å². The van der Waals surface area contributed by atoms with Crippen LogP contribution in [0.2, 0.25) is 0 Å². The number of hydrogen-bond acceptors (Lipinski definition) is 4. The Morgan fingerprint density at radius 1 is 1.58 bits per heavy atom. The number of carbonyl (C=O) groups is 1. The largest absolute Gasteiger partial charge is 0.476 e. The van der Waals surface area contributed by atoms with Gasteiger partial charge in [-0.2, -0.15) is 0 Å². The molecule has 0 fully saturated rings. The standard InChI is InChI=1S/C7H6N2O3/c10-7(11)6-5(8-12-9-6)4-2-1-3-4/h2H,1,3H2,(H,10,11). The molecular formula is C7H6N2O3. The van der Waals surface area contributed by atoms with Gasteiger partial charge in [-0.3, -0.25) is 0 Å². The fraction of sp³-hybridized carbons (Fsp3) is 0.286. The van der Waals surface area contributed by atoms with Crippen LogP contribution in [0.5, 0.6) is 0 Å². The zero-order valence-electron chi connectivity index (χ0n) is 6.15. The van der Waals surface area contributed by atoms with Gasteiger partial charge in [-0.1, -0.05) is 6.08 Å². The van der Waals surface area contributed by atoms with Crippen LogP contribution >= 0.6 is 0 Å². The molecule has 0 aromatic carbocycles. The molecule has 0 saturated heterocycles. The second kappa shape index (κ2) is 2.44. The second-order valence-electron chi connectivity index (χ2n) is 2.53. The number of hydrogen-bond donors (Lipinski definition) is 1. The van der Waals surface area contributed by atoms with Gasteiger partial charge in [0, 0.05) is 0 Å². The quantitative estimate of drug-likeness (QED) is 0.707. The van der Waals surface area contributed by atoms with Crippen molar-refractivity contribution in [3.8, 4) is 0 Å². The molecular weight excluding hydrogens is 160 g/mol. The van der Waals surface area contributed by atoms with Crippen molar-refractivity contribution in [2.24, 2.45) is 0 Å². The van der Waals surface area contributed by atoms with E-state index in [1.165, 1.54) is 0 Å². The maximum Gasteiger partial charge on any atom is 0.360 e. The summed E-state index contributed by atoms with van der Waals surface area (Å²) in [6, 6.07) is 0. The zero-order chi connectivity index (χ0) is 8.55. The van der Waals surface area contributed by atoms with Gasteiger partial charge in [-0.25, -0.2) is 9.42 Å². The SMILES string of the molecule is O=C(O)c1nonc1C1=CCC1. The molecule has 0 atom stereocenters. The van der Waals surface area contributed by atoms with Crippen LogP contribution in [0, 0.1) is 0 Å². The van der Waals surface area contributed by atoms with Crippen LogP contribution in [0.1, 0.15) is 29.0 Å². The molecule has 0 radical (unpaired) electrons. The van der Waals surface area contributed by atoms with Crippen molar-refractivity contribution >= 4 is 11.5 Å². The number of aromatic nitrogens is 2. The van der Waals surface area contributed by atoms with Crippen LogP contribution in [0.25, 0.3) is 5.57 Å². The Morgan fingerprint density at radius 2 is 2.33 bits per heavy atom. The van der Waals surface area contributed by atoms with Crippen molar-refractivity contribution in [3.63, 3.8) is 0 Å². The van der Waals surface area contributed by atoms with E-state index in [4.69, 9.17) is 5.11 Å². The summed E-state index contributed by atoms with van der Waals surface area (Å²) in [7, 11) is 0. The molecule has 1 N–H and O–H groups in total. The highest BCUT2D eigenvalue weighted by Crippen LogP contribution is 2.28. The molecule has 1 aliphatic rings. The average molecular weight is 166 g/mol. The van der Waals surface area contributed by atoms with Crippen molar-refractivity contribution < 1.29 is 14.5 Å². The molecule has 5 heteroatoms. The molecule has 62 valence electrons. The Bertz CT molecular complexity index is 353. The first-order chi connectivity index (χ1) is 5.79. The minimum atomic E-state index is -1.10. The van der Waals surface area contributed by atoms with Crippen molar-refractivity contribution in [2.45, 2.75) is 12.8 Å². The predicted molar refractivity (Wildman–Crippen MR) is 38.5 cm³/mol. The van der Waals surface area contributed by atoms with Gasteiger partial charge >= 0.3 is 5.97 Å². The highest BCUT2D eigenvalue weighted by atomic mass is 16.6. The molecule has 0 aliphatic heterocycles. The van der Waals surface area contributed by atoms with E-state index in [1.807, 2.05) is 6.08 Å². The Morgan fingerprint density at radius 3 is 2.83 bits per heavy atom. The van der Waals surface area contributed by atoms with E-state index in [9.17, 15) is 4.79 Å². The van der Waals surface area contributed by atoms with Crippen LogP contribution < -0.4 is 0 Å².